The SMILES string of the molecule is CC/C=C/C/C=C/C/C=C/C/C=C/C/C=C/CCCC(=O)OC[C@H](COP(=O)(O)OCCN)OC(=O)CCCCCCCCCCCCCCCCCCCC. The van der Waals surface area contributed by atoms with Crippen LogP contribution in [0, 0.1) is 0 Å². The van der Waals surface area contributed by atoms with Crippen LogP contribution in [0.5, 0.6) is 0 Å². The van der Waals surface area contributed by atoms with Gasteiger partial charge in [0.1, 0.15) is 6.61 Å². The molecule has 324 valence electrons. The lowest BCUT2D eigenvalue weighted by atomic mass is 10.0. The van der Waals surface area contributed by atoms with E-state index in [1.54, 1.807) is 0 Å². The van der Waals surface area contributed by atoms with Gasteiger partial charge in [0.05, 0.1) is 13.2 Å². The number of rotatable bonds is 41. The third-order valence-corrected chi connectivity index (χ3v) is 10.2. The lowest BCUT2D eigenvalue weighted by Gasteiger charge is -2.19. The maximum absolute atomic E-state index is 12.6. The fraction of sp³-hybridized carbons (Fsp3) is 0.739. The standard InChI is InChI=1S/C46H82NO8P/c1-3-5-7-9-11-13-15-17-19-21-23-25-27-29-31-33-35-37-39-46(49)55-44(43-54-56(50,51)53-41-40-47)42-52-45(48)38-36-34-32-30-28-26-24-22-20-18-16-14-12-10-8-6-4-2/h6,8,12,14,18,20,24,26,30,32,44H,3-5,7,9-11,13,15-17,19,21-23,25,27-29,31,33-43,47H2,1-2H3,(H,50,51)/b8-6+,14-12+,20-18+,26-24+,32-30+/t44-/m1/s1. The van der Waals surface area contributed by atoms with Crippen LogP contribution in [0.4, 0.5) is 0 Å². The van der Waals surface area contributed by atoms with E-state index in [9.17, 15) is 19.0 Å². The van der Waals surface area contributed by atoms with Crippen LogP contribution in [0.15, 0.2) is 60.8 Å². The number of esters is 2. The third-order valence-electron chi connectivity index (χ3n) is 9.17. The van der Waals surface area contributed by atoms with Gasteiger partial charge >= 0.3 is 19.8 Å². The molecule has 0 aromatic heterocycles. The molecule has 0 saturated carbocycles. The van der Waals surface area contributed by atoms with Gasteiger partial charge in [-0.05, 0) is 51.4 Å². The number of nitrogens with two attached hydrogens (primary N) is 1. The van der Waals surface area contributed by atoms with Crippen LogP contribution in [-0.4, -0.2) is 49.3 Å². The zero-order chi connectivity index (χ0) is 41.1. The molecule has 0 saturated heterocycles. The van der Waals surface area contributed by atoms with Crippen molar-refractivity contribution in [3.8, 4) is 0 Å². The van der Waals surface area contributed by atoms with Crippen LogP contribution in [-0.2, 0) is 32.7 Å². The number of phosphoric ester groups is 1. The van der Waals surface area contributed by atoms with E-state index in [4.69, 9.17) is 24.3 Å². The Morgan fingerprint density at radius 2 is 0.982 bits per heavy atom. The number of hydrogen-bond donors (Lipinski definition) is 2. The van der Waals surface area contributed by atoms with Crippen LogP contribution in [0.25, 0.3) is 0 Å². The summed E-state index contributed by atoms with van der Waals surface area (Å²) in [6.45, 7) is 3.56. The fourth-order valence-corrected chi connectivity index (χ4v) is 6.67. The van der Waals surface area contributed by atoms with Gasteiger partial charge < -0.3 is 20.1 Å². The molecule has 3 N–H and O–H groups in total. The molecule has 0 radical (unpaired) electrons. The Bertz CT molecular complexity index is 1100. The lowest BCUT2D eigenvalue weighted by molar-refractivity contribution is -0.161. The second-order valence-corrected chi connectivity index (χ2v) is 16.0. The molecule has 0 aromatic carbocycles. The molecule has 1 unspecified atom stereocenters. The van der Waals surface area contributed by atoms with Gasteiger partial charge in [-0.1, -0.05) is 184 Å². The first-order valence-electron chi connectivity index (χ1n) is 22.3. The fourth-order valence-electron chi connectivity index (χ4n) is 5.91. The van der Waals surface area contributed by atoms with Gasteiger partial charge in [0, 0.05) is 19.4 Å². The number of carbonyl (C=O) groups excluding carboxylic acids is 2. The summed E-state index contributed by atoms with van der Waals surface area (Å²) in [4.78, 5) is 34.9. The van der Waals surface area contributed by atoms with Crippen LogP contribution >= 0.6 is 7.82 Å². The highest BCUT2D eigenvalue weighted by Crippen LogP contribution is 2.43. The molecule has 0 aromatic rings. The number of allylic oxidation sites excluding steroid dienone is 10. The lowest BCUT2D eigenvalue weighted by Crippen LogP contribution is -2.29. The molecular weight excluding hydrogens is 725 g/mol. The minimum atomic E-state index is -4.39. The van der Waals surface area contributed by atoms with E-state index in [1.165, 1.54) is 89.9 Å². The second kappa shape index (κ2) is 42.3. The predicted octanol–water partition coefficient (Wildman–Crippen LogP) is 12.9. The Hall–Kier alpha value is -2.29. The molecule has 2 atom stereocenters. The number of carbonyl (C=O) groups is 2. The van der Waals surface area contributed by atoms with Gasteiger partial charge in [-0.15, -0.1) is 0 Å². The summed E-state index contributed by atoms with van der Waals surface area (Å²) < 4.78 is 32.7. The van der Waals surface area contributed by atoms with Gasteiger partial charge in [0.15, 0.2) is 6.10 Å². The minimum absolute atomic E-state index is 0.0446. The van der Waals surface area contributed by atoms with Gasteiger partial charge in [0.2, 0.25) is 0 Å². The predicted molar refractivity (Wildman–Crippen MR) is 233 cm³/mol. The highest BCUT2D eigenvalue weighted by Gasteiger charge is 2.26. The van der Waals surface area contributed by atoms with Crippen molar-refractivity contribution >= 4 is 19.8 Å². The average Bonchev–Trinajstić information content (AvgIpc) is 3.18. The van der Waals surface area contributed by atoms with Crippen molar-refractivity contribution in [3.63, 3.8) is 0 Å². The number of unbranched alkanes of at least 4 members (excludes halogenated alkanes) is 18. The molecule has 0 rings (SSSR count). The van der Waals surface area contributed by atoms with E-state index in [0.29, 0.717) is 12.8 Å². The largest absolute Gasteiger partial charge is 0.472 e. The highest BCUT2D eigenvalue weighted by atomic mass is 31.2. The molecule has 0 aliphatic carbocycles. The first kappa shape index (κ1) is 53.7. The Balaban J connectivity index is 4.21. The zero-order valence-corrected chi connectivity index (χ0v) is 36.5. The van der Waals surface area contributed by atoms with E-state index in [1.807, 2.05) is 6.08 Å². The number of ether oxygens (including phenoxy) is 2. The Morgan fingerprint density at radius 3 is 1.45 bits per heavy atom. The molecule has 56 heavy (non-hydrogen) atoms. The van der Waals surface area contributed by atoms with E-state index in [2.05, 4.69) is 68.5 Å². The monoisotopic (exact) mass is 808 g/mol. The summed E-state index contributed by atoms with van der Waals surface area (Å²) in [6, 6.07) is 0. The van der Waals surface area contributed by atoms with Crippen LogP contribution in [0.3, 0.4) is 0 Å². The molecule has 0 heterocycles. The van der Waals surface area contributed by atoms with Crippen molar-refractivity contribution in [3.05, 3.63) is 60.8 Å². The number of hydrogen-bond acceptors (Lipinski definition) is 8. The van der Waals surface area contributed by atoms with Crippen molar-refractivity contribution in [1.29, 1.82) is 0 Å². The summed E-state index contributed by atoms with van der Waals surface area (Å²) in [5.41, 5.74) is 5.35. The van der Waals surface area contributed by atoms with Gasteiger partial charge in [-0.3, -0.25) is 18.6 Å². The summed E-state index contributed by atoms with van der Waals surface area (Å²) in [5, 5.41) is 0. The number of phosphoric acid groups is 1. The molecule has 0 fully saturated rings. The van der Waals surface area contributed by atoms with Crippen molar-refractivity contribution < 1.29 is 37.6 Å². The summed E-state index contributed by atoms with van der Waals surface area (Å²) in [5.74, 6) is -0.895. The maximum Gasteiger partial charge on any atom is 0.472 e. The quantitative estimate of drug-likeness (QED) is 0.0268. The maximum atomic E-state index is 12.6. The smallest absolute Gasteiger partial charge is 0.462 e. The molecule has 0 amide bonds. The van der Waals surface area contributed by atoms with Crippen molar-refractivity contribution in [1.82, 2.24) is 0 Å². The molecule has 0 spiro atoms. The second-order valence-electron chi connectivity index (χ2n) is 14.5. The average molecular weight is 808 g/mol. The molecular formula is C46H82NO8P. The molecule has 0 aliphatic rings. The first-order valence-corrected chi connectivity index (χ1v) is 23.8. The summed E-state index contributed by atoms with van der Waals surface area (Å²) in [6.07, 6.45) is 49.7. The van der Waals surface area contributed by atoms with Crippen molar-refractivity contribution in [2.75, 3.05) is 26.4 Å². The highest BCUT2D eigenvalue weighted by molar-refractivity contribution is 7.47. The zero-order valence-electron chi connectivity index (χ0n) is 35.6. The van der Waals surface area contributed by atoms with Gasteiger partial charge in [-0.25, -0.2) is 4.57 Å². The Kier molecular flexibility index (Phi) is 40.6. The molecule has 9 nitrogen and oxygen atoms in total. The molecule has 10 heteroatoms. The van der Waals surface area contributed by atoms with E-state index >= 15 is 0 Å². The normalized spacial score (nSPS) is 13.9. The molecule has 0 bridgehead atoms. The van der Waals surface area contributed by atoms with Crippen LogP contribution < -0.4 is 5.73 Å². The van der Waals surface area contributed by atoms with Crippen molar-refractivity contribution in [2.45, 2.75) is 193 Å². The van der Waals surface area contributed by atoms with E-state index in [0.717, 1.165) is 57.8 Å². The Labute approximate surface area is 342 Å². The topological polar surface area (TPSA) is 134 Å². The Morgan fingerprint density at radius 1 is 0.554 bits per heavy atom. The minimum Gasteiger partial charge on any atom is -0.462 e. The van der Waals surface area contributed by atoms with Crippen LogP contribution in [0.1, 0.15) is 187 Å². The molecule has 0 aliphatic heterocycles. The van der Waals surface area contributed by atoms with Gasteiger partial charge in [-0.2, -0.15) is 0 Å². The van der Waals surface area contributed by atoms with Crippen LogP contribution in [0.2, 0.25) is 0 Å². The van der Waals surface area contributed by atoms with E-state index in [-0.39, 0.29) is 32.6 Å². The summed E-state index contributed by atoms with van der Waals surface area (Å²) in [7, 11) is -4.39. The van der Waals surface area contributed by atoms with Crippen molar-refractivity contribution in [2.24, 2.45) is 5.73 Å². The van der Waals surface area contributed by atoms with Gasteiger partial charge in [0.25, 0.3) is 0 Å². The third kappa shape index (κ3) is 41.3. The van der Waals surface area contributed by atoms with E-state index < -0.39 is 32.5 Å². The summed E-state index contributed by atoms with van der Waals surface area (Å²) >= 11 is 0. The first-order chi connectivity index (χ1) is 27.3.